The Bertz CT molecular complexity index is 2270. The Morgan fingerprint density at radius 2 is 1.33 bits per heavy atom. The van der Waals surface area contributed by atoms with E-state index >= 15 is 0 Å². The van der Waals surface area contributed by atoms with Crippen LogP contribution in [0.15, 0.2) is 60.8 Å². The maximum Gasteiger partial charge on any atom is 0.410 e. The second kappa shape index (κ2) is 13.3. The highest BCUT2D eigenvalue weighted by atomic mass is 16.6. The van der Waals surface area contributed by atoms with E-state index in [4.69, 9.17) is 19.4 Å². The summed E-state index contributed by atoms with van der Waals surface area (Å²) in [6.07, 6.45) is 8.53. The molecule has 5 aromatic rings. The van der Waals surface area contributed by atoms with Gasteiger partial charge in [-0.2, -0.15) is 0 Å². The minimum atomic E-state index is -0.541. The van der Waals surface area contributed by atoms with E-state index in [1.165, 1.54) is 46.2 Å². The standard InChI is InChI=1S/C45H52N6O4/c1-44(2,3)54-42(52)50-21-7-9-37(50)40-46-25-36(49-40)27-13-11-26(12-14-27)31-19-18-30(33-23-28-15-17-32(28)39(31)33)29-16-20-34-35(24-29)48-41(47-34)38-10-8-22-51(38)43(53)55-45(4,5)6/h11-14,16,18-20,24-25,28,32,37-38H,7-10,15,17,21-23H2,1-6H3,(H,46,49)(H,47,48). The first-order valence-electron chi connectivity index (χ1n) is 20.1. The molecule has 55 heavy (non-hydrogen) atoms. The molecule has 2 aliphatic carbocycles. The molecule has 4 aliphatic rings. The molecule has 2 aromatic heterocycles. The van der Waals surface area contributed by atoms with Gasteiger partial charge in [-0.25, -0.2) is 19.6 Å². The van der Waals surface area contributed by atoms with Gasteiger partial charge in [0.2, 0.25) is 0 Å². The van der Waals surface area contributed by atoms with Gasteiger partial charge in [0.1, 0.15) is 22.9 Å². The molecule has 0 bridgehead atoms. The van der Waals surface area contributed by atoms with E-state index in [0.717, 1.165) is 66.0 Å². The lowest BCUT2D eigenvalue weighted by molar-refractivity contribution is 0.0208. The zero-order valence-electron chi connectivity index (χ0n) is 32.9. The van der Waals surface area contributed by atoms with E-state index in [-0.39, 0.29) is 24.3 Å². The number of imidazole rings is 2. The fraction of sp³-hybridized carbons (Fsp3) is 0.467. The van der Waals surface area contributed by atoms with Gasteiger partial charge in [-0.05, 0) is 149 Å². The fourth-order valence-corrected chi connectivity index (χ4v) is 9.30. The van der Waals surface area contributed by atoms with Gasteiger partial charge in [-0.3, -0.25) is 9.80 Å². The topological polar surface area (TPSA) is 116 Å². The number of likely N-dealkylation sites (tertiary alicyclic amines) is 2. The monoisotopic (exact) mass is 740 g/mol. The van der Waals surface area contributed by atoms with E-state index in [1.54, 1.807) is 4.90 Å². The second-order valence-corrected chi connectivity index (χ2v) is 18.0. The number of amides is 2. The maximum atomic E-state index is 13.0. The van der Waals surface area contributed by atoms with Gasteiger partial charge in [0, 0.05) is 13.1 Å². The molecule has 2 saturated heterocycles. The van der Waals surface area contributed by atoms with E-state index in [1.807, 2.05) is 52.6 Å². The van der Waals surface area contributed by atoms with E-state index in [0.29, 0.717) is 24.9 Å². The van der Waals surface area contributed by atoms with Gasteiger partial charge in [-0.1, -0.05) is 42.5 Å². The number of nitrogens with one attached hydrogen (secondary N) is 2. The molecule has 4 unspecified atom stereocenters. The minimum Gasteiger partial charge on any atom is -0.444 e. The molecule has 4 heterocycles. The minimum absolute atomic E-state index is 0.114. The molecule has 3 aromatic carbocycles. The summed E-state index contributed by atoms with van der Waals surface area (Å²) in [5.41, 5.74) is 10.9. The van der Waals surface area contributed by atoms with Crippen LogP contribution in [0.1, 0.15) is 121 Å². The number of carbonyl (C=O) groups excluding carboxylic acids is 2. The van der Waals surface area contributed by atoms with E-state index < -0.39 is 11.2 Å². The highest BCUT2D eigenvalue weighted by Gasteiger charge is 2.42. The molecule has 4 atom stereocenters. The molecule has 9 rings (SSSR count). The summed E-state index contributed by atoms with van der Waals surface area (Å²) in [4.78, 5) is 46.4. The van der Waals surface area contributed by atoms with Crippen molar-refractivity contribution >= 4 is 23.2 Å². The van der Waals surface area contributed by atoms with Crippen LogP contribution >= 0.6 is 0 Å². The first-order valence-corrected chi connectivity index (χ1v) is 20.1. The Morgan fingerprint density at radius 3 is 1.96 bits per heavy atom. The third kappa shape index (κ3) is 6.67. The lowest BCUT2D eigenvalue weighted by atomic mass is 9.73. The van der Waals surface area contributed by atoms with Crippen LogP contribution in [0.25, 0.3) is 44.5 Å². The molecule has 2 amide bonds. The van der Waals surface area contributed by atoms with Crippen molar-refractivity contribution in [2.75, 3.05) is 13.1 Å². The molecule has 10 nitrogen and oxygen atoms in total. The molecule has 2 N–H and O–H groups in total. The fourth-order valence-electron chi connectivity index (χ4n) is 9.30. The Morgan fingerprint density at radius 1 is 0.709 bits per heavy atom. The van der Waals surface area contributed by atoms with Crippen molar-refractivity contribution in [2.24, 2.45) is 5.92 Å². The smallest absolute Gasteiger partial charge is 0.410 e. The van der Waals surface area contributed by atoms with Crippen LogP contribution in [0.3, 0.4) is 0 Å². The molecule has 286 valence electrons. The number of ether oxygens (including phenoxy) is 2. The van der Waals surface area contributed by atoms with Crippen LogP contribution in [-0.2, 0) is 15.9 Å². The highest BCUT2D eigenvalue weighted by Crippen LogP contribution is 2.56. The van der Waals surface area contributed by atoms with Crippen molar-refractivity contribution in [1.29, 1.82) is 0 Å². The number of aromatic amines is 2. The number of hydrogen-bond acceptors (Lipinski definition) is 6. The summed E-state index contributed by atoms with van der Waals surface area (Å²) in [6.45, 7) is 12.8. The summed E-state index contributed by atoms with van der Waals surface area (Å²) in [6, 6.07) is 19.8. The van der Waals surface area contributed by atoms with Crippen LogP contribution in [-0.4, -0.2) is 66.2 Å². The quantitative estimate of drug-likeness (QED) is 0.185. The zero-order valence-corrected chi connectivity index (χ0v) is 32.9. The Labute approximate surface area is 323 Å². The molecular weight excluding hydrogens is 689 g/mol. The second-order valence-electron chi connectivity index (χ2n) is 18.0. The first-order chi connectivity index (χ1) is 26.3. The summed E-state index contributed by atoms with van der Waals surface area (Å²) >= 11 is 0. The predicted molar refractivity (Wildman–Crippen MR) is 214 cm³/mol. The van der Waals surface area contributed by atoms with Gasteiger partial charge in [0.15, 0.2) is 0 Å². The van der Waals surface area contributed by atoms with Crippen molar-refractivity contribution < 1.29 is 19.1 Å². The average Bonchev–Trinajstić information content (AvgIpc) is 3.96. The van der Waals surface area contributed by atoms with Gasteiger partial charge >= 0.3 is 12.2 Å². The van der Waals surface area contributed by atoms with Gasteiger partial charge in [0.25, 0.3) is 0 Å². The Kier molecular flexibility index (Phi) is 8.59. The van der Waals surface area contributed by atoms with Crippen LogP contribution in [0, 0.1) is 5.92 Å². The summed E-state index contributed by atoms with van der Waals surface area (Å²) < 4.78 is 11.4. The van der Waals surface area contributed by atoms with Gasteiger partial charge in [-0.15, -0.1) is 0 Å². The third-order valence-electron chi connectivity index (χ3n) is 11.9. The van der Waals surface area contributed by atoms with Crippen molar-refractivity contribution in [3.8, 4) is 33.5 Å². The molecule has 0 radical (unpaired) electrons. The van der Waals surface area contributed by atoms with Crippen molar-refractivity contribution in [3.63, 3.8) is 0 Å². The number of hydrogen-bond donors (Lipinski definition) is 2. The summed E-state index contributed by atoms with van der Waals surface area (Å²) in [5.74, 6) is 2.93. The van der Waals surface area contributed by atoms with E-state index in [2.05, 4.69) is 64.6 Å². The Hall–Kier alpha value is -5.12. The maximum absolute atomic E-state index is 13.0. The van der Waals surface area contributed by atoms with Crippen molar-refractivity contribution in [2.45, 2.75) is 116 Å². The number of aromatic nitrogens is 4. The number of fused-ring (bicyclic) bond motifs is 4. The van der Waals surface area contributed by atoms with Gasteiger partial charge in [0.05, 0.1) is 35.0 Å². The highest BCUT2D eigenvalue weighted by molar-refractivity contribution is 5.86. The molecule has 3 fully saturated rings. The van der Waals surface area contributed by atoms with Gasteiger partial charge < -0.3 is 19.4 Å². The van der Waals surface area contributed by atoms with Crippen LogP contribution in [0.2, 0.25) is 0 Å². The predicted octanol–water partition coefficient (Wildman–Crippen LogP) is 10.5. The number of nitrogens with zero attached hydrogens (tertiary/aromatic N) is 4. The van der Waals surface area contributed by atoms with Crippen molar-refractivity contribution in [1.82, 2.24) is 29.7 Å². The number of benzene rings is 3. The third-order valence-corrected chi connectivity index (χ3v) is 11.9. The lowest BCUT2D eigenvalue weighted by Crippen LogP contribution is -2.36. The van der Waals surface area contributed by atoms with Crippen LogP contribution in [0.5, 0.6) is 0 Å². The SMILES string of the molecule is CC(C)(C)OC(=O)N1CCCC1c1ncc(-c2ccc(-c3ccc(-c4ccc5nc(C6CCCN6C(=O)OC(C)(C)C)[nH]c5c4)c4c3C3CCC3C4)cc2)[nH]1. The van der Waals surface area contributed by atoms with Crippen LogP contribution in [0.4, 0.5) is 9.59 Å². The number of carbonyl (C=O) groups is 2. The Balaban J connectivity index is 0.969. The number of rotatable bonds is 5. The largest absolute Gasteiger partial charge is 0.444 e. The molecule has 0 spiro atoms. The van der Waals surface area contributed by atoms with Crippen LogP contribution < -0.4 is 0 Å². The van der Waals surface area contributed by atoms with E-state index in [9.17, 15) is 9.59 Å². The molecular formula is C45H52N6O4. The summed E-state index contributed by atoms with van der Waals surface area (Å²) in [7, 11) is 0. The average molecular weight is 741 g/mol. The molecule has 2 aliphatic heterocycles. The first kappa shape index (κ1) is 35.6. The lowest BCUT2D eigenvalue weighted by Gasteiger charge is -2.31. The normalized spacial score (nSPS) is 22.1. The van der Waals surface area contributed by atoms with Crippen molar-refractivity contribution in [3.05, 3.63) is 83.6 Å². The number of H-pyrrole nitrogens is 2. The molecule has 10 heteroatoms. The summed E-state index contributed by atoms with van der Waals surface area (Å²) in [5, 5.41) is 0. The zero-order chi connectivity index (χ0) is 38.2. The molecule has 1 saturated carbocycles.